The molecule has 0 aliphatic heterocycles. The lowest BCUT2D eigenvalue weighted by molar-refractivity contribution is 1.26. The van der Waals surface area contributed by atoms with Crippen LogP contribution < -0.4 is 16.2 Å². The van der Waals surface area contributed by atoms with E-state index >= 15 is 0 Å². The minimum atomic E-state index is 0.552. The smallest absolute Gasteiger partial charge is 0.0184 e. The van der Waals surface area contributed by atoms with Crippen molar-refractivity contribution in [2.24, 2.45) is 5.73 Å². The first-order chi connectivity index (χ1) is 6.29. The monoisotopic (exact) mass is 173 g/mol. The first-order valence-corrected chi connectivity index (χ1v) is 4.39. The Balaban J connectivity index is 3.46. The molecule has 0 atom stereocenters. The van der Waals surface area contributed by atoms with Crippen LogP contribution in [0.2, 0.25) is 0 Å². The Morgan fingerprint density at radius 2 is 2.15 bits per heavy atom. The van der Waals surface area contributed by atoms with Crippen LogP contribution >= 0.6 is 0 Å². The van der Waals surface area contributed by atoms with Gasteiger partial charge in [0.25, 0.3) is 0 Å². The number of rotatable bonds is 2. The largest absolute Gasteiger partial charge is 0.326 e. The average molecular weight is 173 g/mol. The Labute approximate surface area is 78.9 Å². The quantitative estimate of drug-likeness (QED) is 0.703. The second-order valence-electron chi connectivity index (χ2n) is 2.89. The van der Waals surface area contributed by atoms with Gasteiger partial charge in [-0.1, -0.05) is 43.0 Å². The topological polar surface area (TPSA) is 26.0 Å². The SMILES string of the molecule is C=c1cccc/c1=C(/C=C\C)CN. The Morgan fingerprint density at radius 3 is 2.69 bits per heavy atom. The molecule has 0 spiro atoms. The normalized spacial score (nSPS) is 13.4. The van der Waals surface area contributed by atoms with E-state index in [-0.39, 0.29) is 0 Å². The van der Waals surface area contributed by atoms with Gasteiger partial charge in [-0.05, 0) is 22.9 Å². The first-order valence-electron chi connectivity index (χ1n) is 4.39. The molecule has 1 nitrogen and oxygen atoms in total. The second-order valence-corrected chi connectivity index (χ2v) is 2.89. The summed E-state index contributed by atoms with van der Waals surface area (Å²) in [5.41, 5.74) is 6.78. The summed E-state index contributed by atoms with van der Waals surface area (Å²) in [6, 6.07) is 8.03. The molecule has 0 aliphatic rings. The van der Waals surface area contributed by atoms with Crippen molar-refractivity contribution in [1.29, 1.82) is 0 Å². The Morgan fingerprint density at radius 1 is 1.46 bits per heavy atom. The summed E-state index contributed by atoms with van der Waals surface area (Å²) < 4.78 is 0. The van der Waals surface area contributed by atoms with Gasteiger partial charge in [0.2, 0.25) is 0 Å². The van der Waals surface area contributed by atoms with Gasteiger partial charge in [-0.15, -0.1) is 0 Å². The lowest BCUT2D eigenvalue weighted by Crippen LogP contribution is -2.27. The van der Waals surface area contributed by atoms with E-state index in [0.717, 1.165) is 16.0 Å². The first kappa shape index (κ1) is 9.75. The van der Waals surface area contributed by atoms with Crippen LogP contribution in [0.4, 0.5) is 0 Å². The highest BCUT2D eigenvalue weighted by Crippen LogP contribution is 1.90. The van der Waals surface area contributed by atoms with Crippen molar-refractivity contribution < 1.29 is 0 Å². The molecule has 1 rings (SSSR count). The molecule has 0 saturated heterocycles. The minimum Gasteiger partial charge on any atom is -0.326 e. The molecule has 0 aromatic heterocycles. The summed E-state index contributed by atoms with van der Waals surface area (Å²) in [7, 11) is 0. The van der Waals surface area contributed by atoms with E-state index in [1.165, 1.54) is 0 Å². The van der Waals surface area contributed by atoms with Crippen LogP contribution in [0.3, 0.4) is 0 Å². The molecule has 0 fully saturated rings. The number of benzene rings is 1. The molecule has 1 aromatic carbocycles. The fraction of sp³-hybridized carbons (Fsp3) is 0.167. The van der Waals surface area contributed by atoms with E-state index in [1.54, 1.807) is 0 Å². The molecule has 0 saturated carbocycles. The van der Waals surface area contributed by atoms with E-state index < -0.39 is 0 Å². The lowest BCUT2D eigenvalue weighted by atomic mass is 10.1. The Hall–Kier alpha value is -1.34. The van der Waals surface area contributed by atoms with Gasteiger partial charge in [0.15, 0.2) is 0 Å². The van der Waals surface area contributed by atoms with E-state index in [2.05, 4.69) is 6.58 Å². The maximum Gasteiger partial charge on any atom is 0.0184 e. The zero-order valence-electron chi connectivity index (χ0n) is 7.96. The predicted octanol–water partition coefficient (Wildman–Crippen LogP) is 0.782. The molecule has 68 valence electrons. The summed E-state index contributed by atoms with van der Waals surface area (Å²) >= 11 is 0. The van der Waals surface area contributed by atoms with Crippen LogP contribution in [0.1, 0.15) is 6.92 Å². The summed E-state index contributed by atoms with van der Waals surface area (Å²) in [5.74, 6) is 0. The summed E-state index contributed by atoms with van der Waals surface area (Å²) in [5, 5.41) is 2.17. The maximum atomic E-state index is 5.64. The van der Waals surface area contributed by atoms with Crippen LogP contribution in [0.5, 0.6) is 0 Å². The molecular formula is C12H15N. The van der Waals surface area contributed by atoms with E-state index in [9.17, 15) is 0 Å². The van der Waals surface area contributed by atoms with Crippen molar-refractivity contribution in [3.05, 3.63) is 46.9 Å². The van der Waals surface area contributed by atoms with E-state index in [0.29, 0.717) is 6.54 Å². The fourth-order valence-corrected chi connectivity index (χ4v) is 1.30. The van der Waals surface area contributed by atoms with Gasteiger partial charge < -0.3 is 5.73 Å². The molecule has 0 amide bonds. The van der Waals surface area contributed by atoms with Crippen LogP contribution in [-0.2, 0) is 0 Å². The number of allylic oxidation sites excluding steroid dienone is 1. The van der Waals surface area contributed by atoms with Gasteiger partial charge in [0.1, 0.15) is 0 Å². The van der Waals surface area contributed by atoms with Crippen LogP contribution in [0, 0.1) is 0 Å². The van der Waals surface area contributed by atoms with Crippen molar-refractivity contribution >= 4 is 12.2 Å². The summed E-state index contributed by atoms with van der Waals surface area (Å²) in [4.78, 5) is 0. The maximum absolute atomic E-state index is 5.64. The van der Waals surface area contributed by atoms with E-state index in [4.69, 9.17) is 5.73 Å². The highest BCUT2D eigenvalue weighted by molar-refractivity contribution is 5.57. The van der Waals surface area contributed by atoms with Gasteiger partial charge in [0.05, 0.1) is 0 Å². The molecule has 0 unspecified atom stereocenters. The molecule has 1 aromatic rings. The number of hydrogen-bond acceptors (Lipinski definition) is 1. The molecule has 0 radical (unpaired) electrons. The third kappa shape index (κ3) is 2.30. The second kappa shape index (κ2) is 4.63. The van der Waals surface area contributed by atoms with Gasteiger partial charge in [-0.2, -0.15) is 0 Å². The number of nitrogens with two attached hydrogens (primary N) is 1. The van der Waals surface area contributed by atoms with Crippen molar-refractivity contribution in [3.63, 3.8) is 0 Å². The zero-order chi connectivity index (χ0) is 9.68. The average Bonchev–Trinajstić information content (AvgIpc) is 2.16. The zero-order valence-corrected chi connectivity index (χ0v) is 7.96. The molecule has 2 N–H and O–H groups in total. The molecular weight excluding hydrogens is 158 g/mol. The van der Waals surface area contributed by atoms with Gasteiger partial charge in [0, 0.05) is 6.54 Å². The van der Waals surface area contributed by atoms with Crippen LogP contribution in [0.15, 0.2) is 36.4 Å². The summed E-state index contributed by atoms with van der Waals surface area (Å²) in [6.07, 6.45) is 4.03. The van der Waals surface area contributed by atoms with E-state index in [1.807, 2.05) is 43.3 Å². The molecule has 13 heavy (non-hydrogen) atoms. The van der Waals surface area contributed by atoms with Crippen molar-refractivity contribution in [1.82, 2.24) is 0 Å². The molecule has 0 heterocycles. The number of hydrogen-bond donors (Lipinski definition) is 1. The Bertz CT molecular complexity index is 401. The fourth-order valence-electron chi connectivity index (χ4n) is 1.30. The standard InChI is InChI=1S/C12H15N/c1-3-6-11(9-13)12-8-5-4-7-10(12)2/h3-8H,2,9,13H2,1H3/b6-3-,12-11+. The third-order valence-electron chi connectivity index (χ3n) is 1.95. The van der Waals surface area contributed by atoms with Crippen molar-refractivity contribution in [2.75, 3.05) is 6.54 Å². The highest BCUT2D eigenvalue weighted by atomic mass is 14.5. The third-order valence-corrected chi connectivity index (χ3v) is 1.95. The van der Waals surface area contributed by atoms with Gasteiger partial charge in [-0.3, -0.25) is 0 Å². The molecule has 0 bridgehead atoms. The summed E-state index contributed by atoms with van der Waals surface area (Å²) in [6.45, 7) is 6.50. The van der Waals surface area contributed by atoms with Crippen molar-refractivity contribution in [3.8, 4) is 0 Å². The van der Waals surface area contributed by atoms with Crippen LogP contribution in [0.25, 0.3) is 12.2 Å². The minimum absolute atomic E-state index is 0.552. The van der Waals surface area contributed by atoms with Gasteiger partial charge in [-0.25, -0.2) is 0 Å². The Kier molecular flexibility index (Phi) is 3.47. The molecule has 0 aliphatic carbocycles. The van der Waals surface area contributed by atoms with Crippen molar-refractivity contribution in [2.45, 2.75) is 6.92 Å². The predicted molar refractivity (Wildman–Crippen MR) is 58.5 cm³/mol. The lowest BCUT2D eigenvalue weighted by Gasteiger charge is -1.97. The molecule has 1 heteroatoms. The van der Waals surface area contributed by atoms with Gasteiger partial charge >= 0.3 is 0 Å². The van der Waals surface area contributed by atoms with Crippen LogP contribution in [-0.4, -0.2) is 6.54 Å². The highest BCUT2D eigenvalue weighted by Gasteiger charge is 1.90.